The molecule has 0 bridgehead atoms. The highest BCUT2D eigenvalue weighted by atomic mass is 16.5. The van der Waals surface area contributed by atoms with Crippen molar-refractivity contribution < 1.29 is 14.3 Å². The van der Waals surface area contributed by atoms with Gasteiger partial charge in [-0.2, -0.15) is 0 Å². The molecule has 2 aromatic rings. The fraction of sp³-hybridized carbons (Fsp3) is 0.278. The lowest BCUT2D eigenvalue weighted by Crippen LogP contribution is -2.22. The SMILES string of the molecule is COc1cc(CNC(=O)c2ccc(NC(=O)C3CC3)cc2)ccn1. The molecule has 6 nitrogen and oxygen atoms in total. The van der Waals surface area contributed by atoms with Gasteiger partial charge >= 0.3 is 0 Å². The fourth-order valence-electron chi connectivity index (χ4n) is 2.25. The summed E-state index contributed by atoms with van der Waals surface area (Å²) >= 11 is 0. The van der Waals surface area contributed by atoms with E-state index in [0.29, 0.717) is 23.7 Å². The number of hydrogen-bond acceptors (Lipinski definition) is 4. The Balaban J connectivity index is 1.55. The summed E-state index contributed by atoms with van der Waals surface area (Å²) in [5.74, 6) is 0.549. The molecule has 1 fully saturated rings. The Morgan fingerprint density at radius 2 is 1.96 bits per heavy atom. The minimum atomic E-state index is -0.175. The molecule has 1 aliphatic rings. The van der Waals surface area contributed by atoms with Crippen molar-refractivity contribution in [1.82, 2.24) is 10.3 Å². The van der Waals surface area contributed by atoms with Crippen molar-refractivity contribution in [2.45, 2.75) is 19.4 Å². The molecule has 0 unspecified atom stereocenters. The zero-order valence-electron chi connectivity index (χ0n) is 13.4. The van der Waals surface area contributed by atoms with Crippen LogP contribution in [0.3, 0.4) is 0 Å². The summed E-state index contributed by atoms with van der Waals surface area (Å²) in [5.41, 5.74) is 2.16. The number of hydrogen-bond donors (Lipinski definition) is 2. The lowest BCUT2D eigenvalue weighted by Gasteiger charge is -2.08. The number of amides is 2. The van der Waals surface area contributed by atoms with Gasteiger partial charge in [0.05, 0.1) is 7.11 Å². The molecule has 3 rings (SSSR count). The third kappa shape index (κ3) is 4.10. The molecule has 1 saturated carbocycles. The topological polar surface area (TPSA) is 80.3 Å². The van der Waals surface area contributed by atoms with Crippen molar-refractivity contribution in [3.8, 4) is 5.88 Å². The van der Waals surface area contributed by atoms with Crippen LogP contribution >= 0.6 is 0 Å². The molecular formula is C18H19N3O3. The van der Waals surface area contributed by atoms with Crippen LogP contribution in [0.25, 0.3) is 0 Å². The number of aromatic nitrogens is 1. The summed E-state index contributed by atoms with van der Waals surface area (Å²) in [6, 6.07) is 10.5. The maximum Gasteiger partial charge on any atom is 0.251 e. The molecule has 0 aliphatic heterocycles. The van der Waals surface area contributed by atoms with Gasteiger partial charge in [0, 0.05) is 36.0 Å². The van der Waals surface area contributed by atoms with Gasteiger partial charge in [0.1, 0.15) is 0 Å². The molecule has 1 aromatic heterocycles. The van der Waals surface area contributed by atoms with Crippen LogP contribution in [0.1, 0.15) is 28.8 Å². The average Bonchev–Trinajstić information content (AvgIpc) is 3.45. The summed E-state index contributed by atoms with van der Waals surface area (Å²) in [7, 11) is 1.55. The summed E-state index contributed by atoms with van der Waals surface area (Å²) < 4.78 is 5.05. The first kappa shape index (κ1) is 16.0. The van der Waals surface area contributed by atoms with Gasteiger partial charge in [-0.05, 0) is 48.7 Å². The average molecular weight is 325 g/mol. The summed E-state index contributed by atoms with van der Waals surface area (Å²) in [5, 5.41) is 5.69. The number of carbonyl (C=O) groups excluding carboxylic acids is 2. The third-order valence-electron chi connectivity index (χ3n) is 3.82. The first-order valence-electron chi connectivity index (χ1n) is 7.84. The predicted octanol–water partition coefficient (Wildman–Crippen LogP) is 2.37. The van der Waals surface area contributed by atoms with Crippen molar-refractivity contribution in [2.24, 2.45) is 5.92 Å². The van der Waals surface area contributed by atoms with Crippen LogP contribution in [0, 0.1) is 5.92 Å². The predicted molar refractivity (Wildman–Crippen MR) is 89.8 cm³/mol. The van der Waals surface area contributed by atoms with Crippen LogP contribution in [-0.4, -0.2) is 23.9 Å². The smallest absolute Gasteiger partial charge is 0.251 e. The van der Waals surface area contributed by atoms with Gasteiger partial charge in [-0.25, -0.2) is 4.98 Å². The van der Waals surface area contributed by atoms with Crippen molar-refractivity contribution >= 4 is 17.5 Å². The van der Waals surface area contributed by atoms with E-state index >= 15 is 0 Å². The molecule has 2 N–H and O–H groups in total. The van der Waals surface area contributed by atoms with Crippen molar-refractivity contribution in [3.63, 3.8) is 0 Å². The van der Waals surface area contributed by atoms with E-state index in [-0.39, 0.29) is 17.7 Å². The summed E-state index contributed by atoms with van der Waals surface area (Å²) in [6.07, 6.45) is 3.57. The van der Waals surface area contributed by atoms with E-state index in [2.05, 4.69) is 15.6 Å². The molecular weight excluding hydrogens is 306 g/mol. The number of benzene rings is 1. The molecule has 124 valence electrons. The van der Waals surface area contributed by atoms with E-state index in [1.165, 1.54) is 0 Å². The number of methoxy groups -OCH3 is 1. The largest absolute Gasteiger partial charge is 0.481 e. The summed E-state index contributed by atoms with van der Waals surface area (Å²) in [4.78, 5) is 27.9. The second-order valence-electron chi connectivity index (χ2n) is 5.73. The Bertz CT molecular complexity index is 739. The van der Waals surface area contributed by atoms with E-state index < -0.39 is 0 Å². The lowest BCUT2D eigenvalue weighted by molar-refractivity contribution is -0.117. The number of rotatable bonds is 6. The minimum absolute atomic E-state index is 0.0545. The Hall–Kier alpha value is -2.89. The number of nitrogens with zero attached hydrogens (tertiary/aromatic N) is 1. The molecule has 0 spiro atoms. The van der Waals surface area contributed by atoms with Gasteiger partial charge in [0.15, 0.2) is 0 Å². The van der Waals surface area contributed by atoms with E-state index in [4.69, 9.17) is 4.74 Å². The van der Waals surface area contributed by atoms with Crippen LogP contribution < -0.4 is 15.4 Å². The number of carbonyl (C=O) groups is 2. The van der Waals surface area contributed by atoms with Crippen LogP contribution in [0.2, 0.25) is 0 Å². The van der Waals surface area contributed by atoms with Crippen LogP contribution in [-0.2, 0) is 11.3 Å². The fourth-order valence-corrected chi connectivity index (χ4v) is 2.25. The quantitative estimate of drug-likeness (QED) is 0.854. The van der Waals surface area contributed by atoms with Gasteiger partial charge in [0.2, 0.25) is 11.8 Å². The first-order chi connectivity index (χ1) is 11.7. The maximum atomic E-state index is 12.2. The molecule has 2 amide bonds. The number of pyridine rings is 1. The van der Waals surface area contributed by atoms with Crippen molar-refractivity contribution in [2.75, 3.05) is 12.4 Å². The third-order valence-corrected chi connectivity index (χ3v) is 3.82. The monoisotopic (exact) mass is 325 g/mol. The van der Waals surface area contributed by atoms with Gasteiger partial charge in [-0.15, -0.1) is 0 Å². The van der Waals surface area contributed by atoms with Crippen LogP contribution in [0.4, 0.5) is 5.69 Å². The Kier molecular flexibility index (Phi) is 4.74. The highest BCUT2D eigenvalue weighted by Crippen LogP contribution is 2.30. The van der Waals surface area contributed by atoms with Crippen molar-refractivity contribution in [3.05, 3.63) is 53.7 Å². The second kappa shape index (κ2) is 7.12. The molecule has 0 atom stereocenters. The molecule has 1 heterocycles. The zero-order chi connectivity index (χ0) is 16.9. The number of anilines is 1. The van der Waals surface area contributed by atoms with E-state index in [1.54, 1.807) is 43.6 Å². The minimum Gasteiger partial charge on any atom is -0.481 e. The molecule has 1 aliphatic carbocycles. The summed E-state index contributed by atoms with van der Waals surface area (Å²) in [6.45, 7) is 0.387. The Morgan fingerprint density at radius 3 is 2.62 bits per heavy atom. The lowest BCUT2D eigenvalue weighted by atomic mass is 10.2. The first-order valence-corrected chi connectivity index (χ1v) is 7.84. The Morgan fingerprint density at radius 1 is 1.21 bits per heavy atom. The molecule has 6 heteroatoms. The van der Waals surface area contributed by atoms with E-state index in [1.807, 2.05) is 6.07 Å². The van der Waals surface area contributed by atoms with Gasteiger partial charge in [-0.3, -0.25) is 9.59 Å². The zero-order valence-corrected chi connectivity index (χ0v) is 13.4. The second-order valence-corrected chi connectivity index (χ2v) is 5.73. The van der Waals surface area contributed by atoms with E-state index in [0.717, 1.165) is 18.4 Å². The van der Waals surface area contributed by atoms with Gasteiger partial charge in [0.25, 0.3) is 5.91 Å². The number of nitrogens with one attached hydrogen (secondary N) is 2. The normalized spacial score (nSPS) is 13.2. The maximum absolute atomic E-state index is 12.2. The molecule has 0 saturated heterocycles. The molecule has 0 radical (unpaired) electrons. The highest BCUT2D eigenvalue weighted by Gasteiger charge is 2.29. The Labute approximate surface area is 140 Å². The number of ether oxygens (including phenoxy) is 1. The standard InChI is InChI=1S/C18H19N3O3/c1-24-16-10-12(8-9-19-16)11-20-17(22)13-4-6-15(7-5-13)21-18(23)14-2-3-14/h4-10,14H,2-3,11H2,1H3,(H,20,22)(H,21,23). The van der Waals surface area contributed by atoms with Gasteiger partial charge in [-0.1, -0.05) is 0 Å². The molecule has 24 heavy (non-hydrogen) atoms. The van der Waals surface area contributed by atoms with Crippen LogP contribution in [0.15, 0.2) is 42.6 Å². The van der Waals surface area contributed by atoms with Crippen molar-refractivity contribution in [1.29, 1.82) is 0 Å². The van der Waals surface area contributed by atoms with Gasteiger partial charge < -0.3 is 15.4 Å². The highest BCUT2D eigenvalue weighted by molar-refractivity contribution is 5.96. The van der Waals surface area contributed by atoms with E-state index in [9.17, 15) is 9.59 Å². The molecule has 1 aromatic carbocycles. The van der Waals surface area contributed by atoms with Crippen LogP contribution in [0.5, 0.6) is 5.88 Å².